The van der Waals surface area contributed by atoms with Crippen molar-refractivity contribution >= 4 is 67.0 Å². The van der Waals surface area contributed by atoms with Gasteiger partial charge in [-0.3, -0.25) is 38.4 Å². The molecule has 0 aliphatic rings. The highest BCUT2D eigenvalue weighted by molar-refractivity contribution is 7.93. The van der Waals surface area contributed by atoms with E-state index < -0.39 is 54.8 Å². The Balaban J connectivity index is 1.20. The second kappa shape index (κ2) is 17.7. The van der Waals surface area contributed by atoms with E-state index in [4.69, 9.17) is 0 Å². The van der Waals surface area contributed by atoms with Crippen molar-refractivity contribution < 1.29 is 36.3 Å². The van der Waals surface area contributed by atoms with Gasteiger partial charge in [-0.2, -0.15) is 10.2 Å². The number of hydrazone groups is 2. The molecule has 2 N–H and O–H groups in total. The van der Waals surface area contributed by atoms with E-state index in [1.807, 2.05) is 0 Å². The molecule has 0 spiro atoms. The summed E-state index contributed by atoms with van der Waals surface area (Å²) in [6, 6.07) is 30.5. The number of benzene rings is 5. The number of rotatable bonds is 16. The van der Waals surface area contributed by atoms with Crippen LogP contribution in [0.1, 0.15) is 11.1 Å². The predicted molar refractivity (Wildman–Crippen MR) is 206 cm³/mol. The molecule has 0 saturated carbocycles. The number of hydrogen-bond donors (Lipinski definition) is 2. The fourth-order valence-corrected chi connectivity index (χ4v) is 7.79. The summed E-state index contributed by atoms with van der Waals surface area (Å²) in [5.41, 5.74) is 5.08. The van der Waals surface area contributed by atoms with E-state index in [0.717, 1.165) is 32.9 Å². The minimum atomic E-state index is -4.26. The van der Waals surface area contributed by atoms with Crippen molar-refractivity contribution in [3.8, 4) is 0 Å². The summed E-state index contributed by atoms with van der Waals surface area (Å²) < 4.78 is 55.4. The number of sulfonamides is 2. The Morgan fingerprint density at radius 3 is 1.16 bits per heavy atom. The van der Waals surface area contributed by atoms with E-state index >= 15 is 0 Å². The zero-order valence-corrected chi connectivity index (χ0v) is 30.5. The normalized spacial score (nSPS) is 11.6. The summed E-state index contributed by atoms with van der Waals surface area (Å²) in [5, 5.41) is 30.0. The van der Waals surface area contributed by atoms with Crippen LogP contribution in [0.25, 0.3) is 0 Å². The number of carbonyl (C=O) groups excluding carboxylic acids is 2. The van der Waals surface area contributed by atoms with Crippen molar-refractivity contribution in [1.82, 2.24) is 10.9 Å². The molecule has 5 aromatic carbocycles. The van der Waals surface area contributed by atoms with E-state index in [2.05, 4.69) is 21.1 Å². The quantitative estimate of drug-likeness (QED) is 0.0819. The van der Waals surface area contributed by atoms with Crippen LogP contribution in [-0.4, -0.2) is 64.0 Å². The third-order valence-corrected chi connectivity index (χ3v) is 11.3. The van der Waals surface area contributed by atoms with Crippen LogP contribution in [0.2, 0.25) is 0 Å². The van der Waals surface area contributed by atoms with Gasteiger partial charge >= 0.3 is 0 Å². The van der Waals surface area contributed by atoms with Crippen LogP contribution in [0.15, 0.2) is 153 Å². The minimum absolute atomic E-state index is 0.0195. The third-order valence-electron chi connectivity index (χ3n) is 7.68. The summed E-state index contributed by atoms with van der Waals surface area (Å²) in [6.07, 6.45) is 2.59. The minimum Gasteiger partial charge on any atom is -0.271 e. The molecule has 0 saturated heterocycles. The van der Waals surface area contributed by atoms with Crippen molar-refractivity contribution in [2.24, 2.45) is 10.2 Å². The molecule has 0 atom stereocenters. The number of hydrogen-bond acceptors (Lipinski definition) is 12. The van der Waals surface area contributed by atoms with Crippen molar-refractivity contribution in [2.75, 3.05) is 21.7 Å². The molecule has 0 aliphatic heterocycles. The number of nitro benzene ring substituents is 2. The number of nitrogens with one attached hydrogen (secondary N) is 2. The van der Waals surface area contributed by atoms with Gasteiger partial charge in [-0.15, -0.1) is 0 Å². The average Bonchev–Trinajstić information content (AvgIpc) is 3.20. The zero-order valence-electron chi connectivity index (χ0n) is 28.9. The molecule has 0 bridgehead atoms. The molecule has 56 heavy (non-hydrogen) atoms. The lowest BCUT2D eigenvalue weighted by atomic mass is 10.2. The van der Waals surface area contributed by atoms with Crippen molar-refractivity contribution in [3.63, 3.8) is 0 Å². The number of carbonyl (C=O) groups is 2. The lowest BCUT2D eigenvalue weighted by Gasteiger charge is -2.23. The van der Waals surface area contributed by atoms with Gasteiger partial charge < -0.3 is 0 Å². The highest BCUT2D eigenvalue weighted by Crippen LogP contribution is 2.27. The van der Waals surface area contributed by atoms with Crippen LogP contribution in [0.5, 0.6) is 0 Å². The molecule has 0 heterocycles. The van der Waals surface area contributed by atoms with Gasteiger partial charge in [-0.1, -0.05) is 60.7 Å². The van der Waals surface area contributed by atoms with E-state index in [1.54, 1.807) is 36.4 Å². The van der Waals surface area contributed by atoms with Gasteiger partial charge in [0.2, 0.25) is 0 Å². The summed E-state index contributed by atoms with van der Waals surface area (Å²) in [5.74, 6) is -1.61. The third kappa shape index (κ3) is 10.0. The van der Waals surface area contributed by atoms with E-state index in [0.29, 0.717) is 11.1 Å². The maximum Gasteiger partial charge on any atom is 0.269 e. The Kier molecular flexibility index (Phi) is 12.6. The van der Waals surface area contributed by atoms with Crippen molar-refractivity contribution in [1.29, 1.82) is 0 Å². The Hall–Kier alpha value is -7.32. The molecule has 2 amide bonds. The Labute approximate surface area is 319 Å². The molecule has 0 aliphatic carbocycles. The number of nitro groups is 2. The molecule has 20 heteroatoms. The SMILES string of the molecule is O=C(CN(c1ccc([N+](=O)[O-])cc1)S(=O)(=O)c1ccccc1)N/N=C/c1ccc(/C=N/NC(=O)CN(c2ccc([N+](=O)[O-])cc2)S(=O)(=O)c2ccccc2)cc1. The van der Waals surface area contributed by atoms with E-state index in [9.17, 15) is 46.7 Å². The molecule has 5 rings (SSSR count). The van der Waals surface area contributed by atoms with Crippen molar-refractivity contribution in [3.05, 3.63) is 165 Å². The Bertz CT molecular complexity index is 2310. The monoisotopic (exact) mass is 798 g/mol. The molecule has 0 aromatic heterocycles. The van der Waals surface area contributed by atoms with Crippen molar-refractivity contribution in [2.45, 2.75) is 9.79 Å². The van der Waals surface area contributed by atoms with Gasteiger partial charge in [-0.25, -0.2) is 27.7 Å². The first kappa shape index (κ1) is 39.9. The van der Waals surface area contributed by atoms with Gasteiger partial charge in [-0.05, 0) is 59.7 Å². The fourth-order valence-electron chi connectivity index (χ4n) is 4.91. The molecule has 286 valence electrons. The zero-order chi connectivity index (χ0) is 40.3. The van der Waals surface area contributed by atoms with Gasteiger partial charge in [0.1, 0.15) is 13.1 Å². The maximum atomic E-state index is 13.4. The van der Waals surface area contributed by atoms with E-state index in [1.165, 1.54) is 85.2 Å². The summed E-state index contributed by atoms with van der Waals surface area (Å²) in [4.78, 5) is 46.5. The average molecular weight is 799 g/mol. The summed E-state index contributed by atoms with van der Waals surface area (Å²) >= 11 is 0. The van der Waals surface area contributed by atoms with Crippen LogP contribution in [0.4, 0.5) is 22.7 Å². The first-order chi connectivity index (χ1) is 26.8. The lowest BCUT2D eigenvalue weighted by Crippen LogP contribution is -2.39. The molecule has 18 nitrogen and oxygen atoms in total. The van der Waals surface area contributed by atoms with Crippen LogP contribution in [0.3, 0.4) is 0 Å². The summed E-state index contributed by atoms with van der Waals surface area (Å²) in [7, 11) is -8.51. The summed E-state index contributed by atoms with van der Waals surface area (Å²) in [6.45, 7) is -1.39. The van der Waals surface area contributed by atoms with Gasteiger partial charge in [0.05, 0.1) is 43.4 Å². The first-order valence-corrected chi connectivity index (χ1v) is 19.0. The molecule has 0 fully saturated rings. The highest BCUT2D eigenvalue weighted by atomic mass is 32.2. The Morgan fingerprint density at radius 1 is 0.536 bits per heavy atom. The number of nitrogens with zero attached hydrogens (tertiary/aromatic N) is 6. The second-order valence-corrected chi connectivity index (χ2v) is 15.2. The van der Waals surface area contributed by atoms with E-state index in [-0.39, 0.29) is 32.5 Å². The highest BCUT2D eigenvalue weighted by Gasteiger charge is 2.29. The molecular weight excluding hydrogens is 769 g/mol. The van der Waals surface area contributed by atoms with Crippen LogP contribution in [0, 0.1) is 20.2 Å². The second-order valence-electron chi connectivity index (χ2n) is 11.4. The molecular formula is C36H30N8O10S2. The van der Waals surface area contributed by atoms with Gasteiger partial charge in [0.15, 0.2) is 0 Å². The van der Waals surface area contributed by atoms with Crippen LogP contribution in [-0.2, 0) is 29.6 Å². The number of non-ortho nitro benzene ring substituents is 2. The Morgan fingerprint density at radius 2 is 0.857 bits per heavy atom. The van der Waals surface area contributed by atoms with Crippen LogP contribution >= 0.6 is 0 Å². The van der Waals surface area contributed by atoms with Crippen LogP contribution < -0.4 is 19.5 Å². The molecule has 0 unspecified atom stereocenters. The topological polar surface area (TPSA) is 244 Å². The van der Waals surface area contributed by atoms with Gasteiger partial charge in [0, 0.05) is 24.3 Å². The number of amides is 2. The standard InChI is InChI=1S/C36H30N8O10S2/c45-35(25-41(29-15-19-31(20-16-29)43(47)48)55(51,52)33-7-3-1-4-8-33)39-37-23-27-11-13-28(14-12-27)24-38-40-36(46)26-42(30-17-21-32(22-18-30)44(49)50)56(53,54)34-9-5-2-6-10-34/h1-24H,25-26H2,(H,39,45)(H,40,46)/b37-23+,38-24+. The predicted octanol–water partition coefficient (Wildman–Crippen LogP) is 4.19. The smallest absolute Gasteiger partial charge is 0.269 e. The molecule has 5 aromatic rings. The lowest BCUT2D eigenvalue weighted by molar-refractivity contribution is -0.385. The maximum absolute atomic E-state index is 13.4. The van der Waals surface area contributed by atoms with Gasteiger partial charge in [0.25, 0.3) is 43.2 Å². The first-order valence-electron chi connectivity index (χ1n) is 16.1. The molecule has 0 radical (unpaired) electrons. The largest absolute Gasteiger partial charge is 0.271 e. The number of anilines is 2. The fraction of sp³-hybridized carbons (Fsp3) is 0.0556.